The van der Waals surface area contributed by atoms with Gasteiger partial charge in [0.25, 0.3) is 0 Å². The normalized spacial score (nSPS) is 17.1. The smallest absolute Gasteiger partial charge is 0.359 e. The Balaban J connectivity index is 2.37. The van der Waals surface area contributed by atoms with E-state index >= 15 is 0 Å². The summed E-state index contributed by atoms with van der Waals surface area (Å²) in [6, 6.07) is 5.48. The summed E-state index contributed by atoms with van der Waals surface area (Å²) in [7, 11) is 1.81. The molecule has 0 spiro atoms. The van der Waals surface area contributed by atoms with Gasteiger partial charge in [-0.1, -0.05) is 15.9 Å². The first kappa shape index (κ1) is 15.6. The second-order valence-corrected chi connectivity index (χ2v) is 6.10. The van der Waals surface area contributed by atoms with E-state index < -0.39 is 12.7 Å². The highest BCUT2D eigenvalue weighted by atomic mass is 79.9. The van der Waals surface area contributed by atoms with Crippen molar-refractivity contribution >= 4 is 21.6 Å². The molecule has 1 aromatic rings. The summed E-state index contributed by atoms with van der Waals surface area (Å²) in [5, 5.41) is 3.10. The molecule has 0 bridgehead atoms. The molecule has 0 radical (unpaired) electrons. The van der Waals surface area contributed by atoms with E-state index in [-0.39, 0.29) is 12.1 Å². The Morgan fingerprint density at radius 2 is 2.05 bits per heavy atom. The Labute approximate surface area is 125 Å². The van der Waals surface area contributed by atoms with Crippen LogP contribution in [0.25, 0.3) is 0 Å². The van der Waals surface area contributed by atoms with Gasteiger partial charge >= 0.3 is 6.18 Å². The van der Waals surface area contributed by atoms with Crippen LogP contribution in [0.3, 0.4) is 0 Å². The van der Waals surface area contributed by atoms with Crippen LogP contribution in [-0.4, -0.2) is 25.8 Å². The minimum atomic E-state index is -4.18. The minimum absolute atomic E-state index is 0.00279. The fourth-order valence-electron chi connectivity index (χ4n) is 2.28. The molecule has 2 rings (SSSR count). The lowest BCUT2D eigenvalue weighted by atomic mass is 10.0. The van der Waals surface area contributed by atoms with Gasteiger partial charge in [0.1, 0.15) is 6.54 Å². The van der Waals surface area contributed by atoms with Crippen molar-refractivity contribution in [1.82, 2.24) is 5.32 Å². The maximum atomic E-state index is 12.8. The summed E-state index contributed by atoms with van der Waals surface area (Å²) in [6.45, 7) is 1.06. The third kappa shape index (κ3) is 3.88. The van der Waals surface area contributed by atoms with Crippen LogP contribution in [0.5, 0.6) is 0 Å². The zero-order valence-electron chi connectivity index (χ0n) is 11.5. The van der Waals surface area contributed by atoms with Crippen molar-refractivity contribution < 1.29 is 13.2 Å². The lowest BCUT2D eigenvalue weighted by molar-refractivity contribution is -0.120. The fraction of sp³-hybridized carbons (Fsp3) is 0.571. The molecule has 20 heavy (non-hydrogen) atoms. The maximum Gasteiger partial charge on any atom is 0.405 e. The highest BCUT2D eigenvalue weighted by Gasteiger charge is 2.39. The van der Waals surface area contributed by atoms with Crippen molar-refractivity contribution in [1.29, 1.82) is 0 Å². The van der Waals surface area contributed by atoms with E-state index in [1.54, 1.807) is 19.2 Å². The molecule has 1 saturated carbocycles. The fourth-order valence-corrected chi connectivity index (χ4v) is 2.66. The van der Waals surface area contributed by atoms with E-state index in [9.17, 15) is 13.2 Å². The molecule has 1 atom stereocenters. The first-order chi connectivity index (χ1) is 9.31. The van der Waals surface area contributed by atoms with E-state index in [1.165, 1.54) is 4.90 Å². The Morgan fingerprint density at radius 1 is 1.40 bits per heavy atom. The first-order valence-electron chi connectivity index (χ1n) is 6.62. The number of halogens is 4. The van der Waals surface area contributed by atoms with Gasteiger partial charge < -0.3 is 10.2 Å². The van der Waals surface area contributed by atoms with Gasteiger partial charge in [0, 0.05) is 22.2 Å². The molecule has 0 aliphatic heterocycles. The Kier molecular flexibility index (Phi) is 4.64. The van der Waals surface area contributed by atoms with Crippen LogP contribution in [-0.2, 0) is 0 Å². The van der Waals surface area contributed by atoms with E-state index in [1.807, 2.05) is 13.0 Å². The molecular weight excluding hydrogens is 333 g/mol. The molecular formula is C14H18BrF3N2. The van der Waals surface area contributed by atoms with Crippen molar-refractivity contribution in [3.63, 3.8) is 0 Å². The van der Waals surface area contributed by atoms with Crippen molar-refractivity contribution in [2.75, 3.05) is 18.5 Å². The summed E-state index contributed by atoms with van der Waals surface area (Å²) in [5.41, 5.74) is 1.56. The third-order valence-electron chi connectivity index (χ3n) is 3.54. The average molecular weight is 351 g/mol. The Bertz CT molecular complexity index is 472. The van der Waals surface area contributed by atoms with Crippen molar-refractivity contribution in [3.05, 3.63) is 28.2 Å². The molecule has 0 aromatic heterocycles. The van der Waals surface area contributed by atoms with Crippen LogP contribution in [0, 0.1) is 0 Å². The highest BCUT2D eigenvalue weighted by molar-refractivity contribution is 9.10. The summed E-state index contributed by atoms with van der Waals surface area (Å²) in [5.74, 6) is 0. The van der Waals surface area contributed by atoms with Gasteiger partial charge in [-0.15, -0.1) is 0 Å². The molecule has 1 unspecified atom stereocenters. The van der Waals surface area contributed by atoms with E-state index in [4.69, 9.17) is 0 Å². The SMILES string of the molecule is CNC(C)c1cc(Br)ccc1N(CC(F)(F)F)C1CC1. The van der Waals surface area contributed by atoms with Gasteiger partial charge in [0.2, 0.25) is 0 Å². The number of nitrogens with one attached hydrogen (secondary N) is 1. The number of rotatable bonds is 5. The summed E-state index contributed by atoms with van der Waals surface area (Å²) >= 11 is 3.39. The van der Waals surface area contributed by atoms with Crippen LogP contribution in [0.15, 0.2) is 22.7 Å². The second-order valence-electron chi connectivity index (χ2n) is 5.19. The Hall–Kier alpha value is -0.750. The van der Waals surface area contributed by atoms with Gasteiger partial charge in [-0.25, -0.2) is 0 Å². The second kappa shape index (κ2) is 5.93. The van der Waals surface area contributed by atoms with Crippen LogP contribution in [0.1, 0.15) is 31.4 Å². The summed E-state index contributed by atoms with van der Waals surface area (Å²) in [4.78, 5) is 1.50. The minimum Gasteiger partial charge on any atom is -0.359 e. The Morgan fingerprint density at radius 3 is 2.55 bits per heavy atom. The van der Waals surface area contributed by atoms with Gasteiger partial charge in [-0.2, -0.15) is 13.2 Å². The van der Waals surface area contributed by atoms with Crippen LogP contribution >= 0.6 is 15.9 Å². The molecule has 1 N–H and O–H groups in total. The van der Waals surface area contributed by atoms with Gasteiger partial charge in [0.05, 0.1) is 0 Å². The zero-order chi connectivity index (χ0) is 14.9. The zero-order valence-corrected chi connectivity index (χ0v) is 13.1. The number of benzene rings is 1. The predicted octanol–water partition coefficient (Wildman–Crippen LogP) is 4.26. The summed E-state index contributed by atoms with van der Waals surface area (Å²) < 4.78 is 39.3. The molecule has 6 heteroatoms. The number of hydrogen-bond donors (Lipinski definition) is 1. The quantitative estimate of drug-likeness (QED) is 0.853. The number of hydrogen-bond acceptors (Lipinski definition) is 2. The van der Waals surface area contributed by atoms with Gasteiger partial charge in [-0.05, 0) is 50.6 Å². The summed E-state index contributed by atoms with van der Waals surface area (Å²) in [6.07, 6.45) is -2.52. The van der Waals surface area contributed by atoms with Crippen molar-refractivity contribution in [2.24, 2.45) is 0 Å². The van der Waals surface area contributed by atoms with Crippen molar-refractivity contribution in [2.45, 2.75) is 38.0 Å². The molecule has 0 amide bonds. The standard InChI is InChI=1S/C14H18BrF3N2/c1-9(19-2)12-7-10(15)3-6-13(12)20(11-4-5-11)8-14(16,17)18/h3,6-7,9,11,19H,4-5,8H2,1-2H3. The van der Waals surface area contributed by atoms with Crippen molar-refractivity contribution in [3.8, 4) is 0 Å². The molecule has 1 fully saturated rings. The first-order valence-corrected chi connectivity index (χ1v) is 7.41. The van der Waals surface area contributed by atoms with Gasteiger partial charge in [0.15, 0.2) is 0 Å². The van der Waals surface area contributed by atoms with Crippen LogP contribution < -0.4 is 10.2 Å². The maximum absolute atomic E-state index is 12.8. The number of anilines is 1. The highest BCUT2D eigenvalue weighted by Crippen LogP contribution is 2.38. The van der Waals surface area contributed by atoms with Crippen LogP contribution in [0.4, 0.5) is 18.9 Å². The van der Waals surface area contributed by atoms with Gasteiger partial charge in [-0.3, -0.25) is 0 Å². The molecule has 0 heterocycles. The average Bonchev–Trinajstić information content (AvgIpc) is 3.18. The number of nitrogens with zero attached hydrogens (tertiary/aromatic N) is 1. The molecule has 2 nitrogen and oxygen atoms in total. The van der Waals surface area contributed by atoms with E-state index in [0.29, 0.717) is 5.69 Å². The molecule has 1 aliphatic carbocycles. The molecule has 112 valence electrons. The third-order valence-corrected chi connectivity index (χ3v) is 4.03. The van der Waals surface area contributed by atoms with Crippen LogP contribution in [0.2, 0.25) is 0 Å². The molecule has 0 saturated heterocycles. The topological polar surface area (TPSA) is 15.3 Å². The predicted molar refractivity (Wildman–Crippen MR) is 78.0 cm³/mol. The molecule has 1 aliphatic rings. The lowest BCUT2D eigenvalue weighted by Crippen LogP contribution is -2.37. The van der Waals surface area contributed by atoms with E-state index in [0.717, 1.165) is 22.9 Å². The lowest BCUT2D eigenvalue weighted by Gasteiger charge is -2.30. The number of alkyl halides is 3. The largest absolute Gasteiger partial charge is 0.405 e. The van der Waals surface area contributed by atoms with E-state index in [2.05, 4.69) is 21.2 Å². The monoisotopic (exact) mass is 350 g/mol. The molecule has 1 aromatic carbocycles.